The number of rotatable bonds is 6. The van der Waals surface area contributed by atoms with Crippen LogP contribution in [-0.2, 0) is 4.79 Å². The first-order valence-electron chi connectivity index (χ1n) is 8.66. The summed E-state index contributed by atoms with van der Waals surface area (Å²) in [5.41, 5.74) is 2.37. The average Bonchev–Trinajstić information content (AvgIpc) is 2.66. The SMILES string of the molecule is CC(=O)c1cccc(NC(=O)CN[C@@H](C)c2cccc3ccccc23)c1. The van der Waals surface area contributed by atoms with E-state index in [1.165, 1.54) is 17.7 Å². The van der Waals surface area contributed by atoms with Crippen molar-refractivity contribution in [3.63, 3.8) is 0 Å². The van der Waals surface area contributed by atoms with Gasteiger partial charge in [0.2, 0.25) is 5.91 Å². The lowest BCUT2D eigenvalue weighted by atomic mass is 10.00. The fourth-order valence-electron chi connectivity index (χ4n) is 3.00. The van der Waals surface area contributed by atoms with Crippen molar-refractivity contribution in [1.82, 2.24) is 5.32 Å². The fourth-order valence-corrected chi connectivity index (χ4v) is 3.00. The minimum atomic E-state index is -0.141. The maximum absolute atomic E-state index is 12.2. The van der Waals surface area contributed by atoms with Crippen molar-refractivity contribution in [3.05, 3.63) is 77.9 Å². The molecule has 0 radical (unpaired) electrons. The molecule has 0 saturated carbocycles. The number of anilines is 1. The van der Waals surface area contributed by atoms with Crippen LogP contribution < -0.4 is 10.6 Å². The zero-order valence-electron chi connectivity index (χ0n) is 15.0. The normalized spacial score (nSPS) is 11.9. The molecule has 3 rings (SSSR count). The molecule has 3 aromatic carbocycles. The molecular formula is C22H22N2O2. The minimum Gasteiger partial charge on any atom is -0.325 e. The molecule has 0 aliphatic rings. The van der Waals surface area contributed by atoms with Crippen molar-refractivity contribution in [2.24, 2.45) is 0 Å². The maximum Gasteiger partial charge on any atom is 0.238 e. The molecule has 0 saturated heterocycles. The Kier molecular flexibility index (Phi) is 5.44. The Hall–Kier alpha value is -2.98. The summed E-state index contributed by atoms with van der Waals surface area (Å²) in [6.07, 6.45) is 0. The summed E-state index contributed by atoms with van der Waals surface area (Å²) < 4.78 is 0. The van der Waals surface area contributed by atoms with Gasteiger partial charge >= 0.3 is 0 Å². The van der Waals surface area contributed by atoms with Gasteiger partial charge in [0.25, 0.3) is 0 Å². The van der Waals surface area contributed by atoms with Crippen LogP contribution in [-0.4, -0.2) is 18.2 Å². The summed E-state index contributed by atoms with van der Waals surface area (Å²) >= 11 is 0. The summed E-state index contributed by atoms with van der Waals surface area (Å²) in [5, 5.41) is 8.47. The first kappa shape index (κ1) is 17.8. The molecule has 4 heteroatoms. The summed E-state index contributed by atoms with van der Waals surface area (Å²) in [4.78, 5) is 23.7. The summed E-state index contributed by atoms with van der Waals surface area (Å²) in [7, 11) is 0. The Morgan fingerprint density at radius 2 is 1.69 bits per heavy atom. The molecule has 0 unspecified atom stereocenters. The number of carbonyl (C=O) groups is 2. The van der Waals surface area contributed by atoms with Gasteiger partial charge in [0.15, 0.2) is 5.78 Å². The van der Waals surface area contributed by atoms with Gasteiger partial charge in [0, 0.05) is 17.3 Å². The molecule has 0 aliphatic heterocycles. The zero-order chi connectivity index (χ0) is 18.5. The molecule has 1 amide bonds. The zero-order valence-corrected chi connectivity index (χ0v) is 15.0. The topological polar surface area (TPSA) is 58.2 Å². The van der Waals surface area contributed by atoms with Crippen LogP contribution in [0.15, 0.2) is 66.7 Å². The summed E-state index contributed by atoms with van der Waals surface area (Å²) in [6.45, 7) is 3.74. The van der Waals surface area contributed by atoms with Gasteiger partial charge in [-0.25, -0.2) is 0 Å². The van der Waals surface area contributed by atoms with Gasteiger partial charge in [-0.2, -0.15) is 0 Å². The predicted octanol–water partition coefficient (Wildman–Crippen LogP) is 4.33. The lowest BCUT2D eigenvalue weighted by Crippen LogP contribution is -2.30. The molecule has 0 heterocycles. The third-order valence-electron chi connectivity index (χ3n) is 4.41. The van der Waals surface area contributed by atoms with E-state index < -0.39 is 0 Å². The monoisotopic (exact) mass is 346 g/mol. The van der Waals surface area contributed by atoms with Gasteiger partial charge in [0.05, 0.1) is 6.54 Å². The van der Waals surface area contributed by atoms with E-state index in [-0.39, 0.29) is 24.3 Å². The van der Waals surface area contributed by atoms with E-state index in [0.717, 1.165) is 5.56 Å². The first-order chi connectivity index (χ1) is 12.5. The van der Waals surface area contributed by atoms with Crippen LogP contribution >= 0.6 is 0 Å². The van der Waals surface area contributed by atoms with Crippen LogP contribution in [0, 0.1) is 0 Å². The van der Waals surface area contributed by atoms with E-state index in [4.69, 9.17) is 0 Å². The van der Waals surface area contributed by atoms with Gasteiger partial charge in [-0.05, 0) is 42.3 Å². The molecular weight excluding hydrogens is 324 g/mol. The highest BCUT2D eigenvalue weighted by Crippen LogP contribution is 2.23. The molecule has 2 N–H and O–H groups in total. The third-order valence-corrected chi connectivity index (χ3v) is 4.41. The predicted molar refractivity (Wildman–Crippen MR) is 105 cm³/mol. The Balaban J connectivity index is 1.64. The second kappa shape index (κ2) is 7.93. The van der Waals surface area contributed by atoms with Crippen LogP contribution in [0.1, 0.15) is 35.8 Å². The molecule has 132 valence electrons. The number of hydrogen-bond acceptors (Lipinski definition) is 3. The number of benzene rings is 3. The number of hydrogen-bond donors (Lipinski definition) is 2. The number of fused-ring (bicyclic) bond motifs is 1. The Morgan fingerprint density at radius 1 is 0.962 bits per heavy atom. The molecule has 0 aliphatic carbocycles. The molecule has 1 atom stereocenters. The smallest absolute Gasteiger partial charge is 0.238 e. The second-order valence-electron chi connectivity index (χ2n) is 6.36. The number of ketones is 1. The first-order valence-corrected chi connectivity index (χ1v) is 8.66. The van der Waals surface area contributed by atoms with Crippen molar-refractivity contribution in [2.45, 2.75) is 19.9 Å². The van der Waals surface area contributed by atoms with Crippen molar-refractivity contribution in [2.75, 3.05) is 11.9 Å². The van der Waals surface area contributed by atoms with E-state index in [9.17, 15) is 9.59 Å². The van der Waals surface area contributed by atoms with E-state index in [0.29, 0.717) is 11.3 Å². The fraction of sp³-hybridized carbons (Fsp3) is 0.182. The van der Waals surface area contributed by atoms with E-state index in [1.807, 2.05) is 25.1 Å². The van der Waals surface area contributed by atoms with E-state index in [2.05, 4.69) is 34.9 Å². The summed E-state index contributed by atoms with van der Waals surface area (Å²) in [6, 6.07) is 21.4. The Morgan fingerprint density at radius 3 is 2.50 bits per heavy atom. The summed E-state index contributed by atoms with van der Waals surface area (Å²) in [5.74, 6) is -0.165. The van der Waals surface area contributed by atoms with Gasteiger partial charge < -0.3 is 10.6 Å². The number of Topliss-reactive ketones (excluding diaryl/α,β-unsaturated/α-hetero) is 1. The maximum atomic E-state index is 12.2. The van der Waals surface area contributed by atoms with Crippen LogP contribution in [0.3, 0.4) is 0 Å². The molecule has 0 aromatic heterocycles. The van der Waals surface area contributed by atoms with Crippen LogP contribution in [0.2, 0.25) is 0 Å². The molecule has 4 nitrogen and oxygen atoms in total. The van der Waals surface area contributed by atoms with Crippen molar-refractivity contribution in [3.8, 4) is 0 Å². The lowest BCUT2D eigenvalue weighted by molar-refractivity contribution is -0.115. The average molecular weight is 346 g/mol. The number of nitrogens with one attached hydrogen (secondary N) is 2. The van der Waals surface area contributed by atoms with Crippen molar-refractivity contribution in [1.29, 1.82) is 0 Å². The van der Waals surface area contributed by atoms with E-state index >= 15 is 0 Å². The highest BCUT2D eigenvalue weighted by molar-refractivity contribution is 5.97. The van der Waals surface area contributed by atoms with Gasteiger partial charge in [0.1, 0.15) is 0 Å². The largest absolute Gasteiger partial charge is 0.325 e. The third kappa shape index (κ3) is 4.16. The minimum absolute atomic E-state index is 0.0243. The Labute approximate surface area is 153 Å². The highest BCUT2D eigenvalue weighted by atomic mass is 16.2. The second-order valence-corrected chi connectivity index (χ2v) is 6.36. The van der Waals surface area contributed by atoms with Gasteiger partial charge in [-0.15, -0.1) is 0 Å². The molecule has 0 bridgehead atoms. The van der Waals surface area contributed by atoms with Gasteiger partial charge in [-0.1, -0.05) is 54.6 Å². The van der Waals surface area contributed by atoms with Crippen molar-refractivity contribution < 1.29 is 9.59 Å². The molecule has 3 aromatic rings. The highest BCUT2D eigenvalue weighted by Gasteiger charge is 2.11. The molecule has 26 heavy (non-hydrogen) atoms. The van der Waals surface area contributed by atoms with Gasteiger partial charge in [-0.3, -0.25) is 9.59 Å². The Bertz CT molecular complexity index is 944. The molecule has 0 fully saturated rings. The number of amides is 1. The lowest BCUT2D eigenvalue weighted by Gasteiger charge is -2.16. The van der Waals surface area contributed by atoms with E-state index in [1.54, 1.807) is 24.3 Å². The van der Waals surface area contributed by atoms with Crippen molar-refractivity contribution >= 4 is 28.2 Å². The van der Waals surface area contributed by atoms with Crippen LogP contribution in [0.25, 0.3) is 10.8 Å². The molecule has 0 spiro atoms. The van der Waals surface area contributed by atoms with Crippen LogP contribution in [0.4, 0.5) is 5.69 Å². The standard InChI is InChI=1S/C22H22N2O2/c1-15(20-12-6-8-17-7-3-4-11-21(17)20)23-14-22(26)24-19-10-5-9-18(13-19)16(2)25/h3-13,15,23H,14H2,1-2H3,(H,24,26)/t15-/m0/s1. The number of carbonyl (C=O) groups excluding carboxylic acids is 2. The quantitative estimate of drug-likeness (QED) is 0.653. The van der Waals surface area contributed by atoms with Crippen LogP contribution in [0.5, 0.6) is 0 Å².